The summed E-state index contributed by atoms with van der Waals surface area (Å²) in [5.41, 5.74) is 16.5. The minimum Gasteiger partial charge on any atom is -0.310 e. The van der Waals surface area contributed by atoms with Crippen molar-refractivity contribution in [3.63, 3.8) is 0 Å². The Labute approximate surface area is 355 Å². The summed E-state index contributed by atoms with van der Waals surface area (Å²) < 4.78 is 2.45. The molecule has 0 radical (unpaired) electrons. The van der Waals surface area contributed by atoms with Crippen LogP contribution in [0.1, 0.15) is 22.3 Å². The van der Waals surface area contributed by atoms with Crippen molar-refractivity contribution < 1.29 is 0 Å². The number of hydrogen-bond donors (Lipinski definition) is 0. The van der Waals surface area contributed by atoms with Crippen LogP contribution < -0.4 is 4.90 Å². The van der Waals surface area contributed by atoms with Crippen LogP contribution in [0.2, 0.25) is 0 Å². The first-order valence-electron chi connectivity index (χ1n) is 21.1. The predicted octanol–water partition coefficient (Wildman–Crippen LogP) is 15.4. The van der Waals surface area contributed by atoms with E-state index in [1.54, 1.807) is 0 Å². The zero-order valence-electron chi connectivity index (χ0n) is 33.5. The van der Waals surface area contributed by atoms with Gasteiger partial charge in [0, 0.05) is 38.8 Å². The quantitative estimate of drug-likeness (QED) is 0.156. The number of para-hydroxylation sites is 2. The highest BCUT2D eigenvalue weighted by Crippen LogP contribution is 2.59. The molecule has 0 saturated carbocycles. The van der Waals surface area contributed by atoms with E-state index >= 15 is 0 Å². The molecule has 1 aromatic heterocycles. The van der Waals surface area contributed by atoms with Crippen molar-refractivity contribution >= 4 is 49.6 Å². The maximum atomic E-state index is 2.45. The average Bonchev–Trinajstić information content (AvgIpc) is 3.84. The Morgan fingerprint density at radius 3 is 1.69 bits per heavy atom. The molecule has 0 atom stereocenters. The summed E-state index contributed by atoms with van der Waals surface area (Å²) in [5.74, 6) is 0. The van der Waals surface area contributed by atoms with Gasteiger partial charge in [-0.2, -0.15) is 0 Å². The maximum absolute atomic E-state index is 2.45. The molecule has 0 amide bonds. The van der Waals surface area contributed by atoms with Crippen molar-refractivity contribution in [3.8, 4) is 27.9 Å². The van der Waals surface area contributed by atoms with Crippen LogP contribution in [0.3, 0.4) is 0 Å². The molecule has 2 heteroatoms. The van der Waals surface area contributed by atoms with Crippen LogP contribution >= 0.6 is 0 Å². The summed E-state index contributed by atoms with van der Waals surface area (Å²) in [4.78, 5) is 2.44. The van der Waals surface area contributed by atoms with Gasteiger partial charge in [0.25, 0.3) is 0 Å². The third kappa shape index (κ3) is 5.36. The van der Waals surface area contributed by atoms with Gasteiger partial charge < -0.3 is 9.47 Å². The number of benzene rings is 10. The number of anilines is 3. The minimum atomic E-state index is -0.482. The lowest BCUT2D eigenvalue weighted by atomic mass is 9.68. The Bertz CT molecular complexity index is 3350. The molecule has 11 aromatic rings. The molecule has 1 aliphatic rings. The van der Waals surface area contributed by atoms with E-state index < -0.39 is 5.41 Å². The van der Waals surface area contributed by atoms with Crippen molar-refractivity contribution in [1.29, 1.82) is 0 Å². The lowest BCUT2D eigenvalue weighted by Gasteiger charge is -2.34. The molecule has 286 valence electrons. The molecular formula is C59H40N2. The molecule has 0 fully saturated rings. The van der Waals surface area contributed by atoms with Gasteiger partial charge in [0.15, 0.2) is 0 Å². The van der Waals surface area contributed by atoms with E-state index in [1.165, 1.54) is 77.1 Å². The van der Waals surface area contributed by atoms with Gasteiger partial charge in [0.2, 0.25) is 0 Å². The fraction of sp³-hybridized carbons (Fsp3) is 0.0169. The highest BCUT2D eigenvalue weighted by Gasteiger charge is 2.47. The third-order valence-corrected chi connectivity index (χ3v) is 12.8. The van der Waals surface area contributed by atoms with E-state index in [4.69, 9.17) is 0 Å². The van der Waals surface area contributed by atoms with Crippen LogP contribution in [0.5, 0.6) is 0 Å². The summed E-state index contributed by atoms with van der Waals surface area (Å²) in [6.07, 6.45) is 0. The molecule has 0 unspecified atom stereocenters. The van der Waals surface area contributed by atoms with Crippen molar-refractivity contribution in [3.05, 3.63) is 265 Å². The maximum Gasteiger partial charge on any atom is 0.0714 e. The van der Waals surface area contributed by atoms with Gasteiger partial charge in [0.1, 0.15) is 0 Å². The largest absolute Gasteiger partial charge is 0.310 e. The minimum absolute atomic E-state index is 0.482. The molecule has 1 aliphatic carbocycles. The molecule has 0 bridgehead atoms. The second-order valence-electron chi connectivity index (χ2n) is 16.0. The predicted molar refractivity (Wildman–Crippen MR) is 256 cm³/mol. The van der Waals surface area contributed by atoms with Crippen LogP contribution in [0.25, 0.3) is 60.5 Å². The van der Waals surface area contributed by atoms with E-state index in [-0.39, 0.29) is 0 Å². The van der Waals surface area contributed by atoms with E-state index in [1.807, 2.05) is 0 Å². The Morgan fingerprint density at radius 2 is 0.951 bits per heavy atom. The second-order valence-corrected chi connectivity index (χ2v) is 16.0. The van der Waals surface area contributed by atoms with Crippen molar-refractivity contribution in [2.45, 2.75) is 5.41 Å². The van der Waals surface area contributed by atoms with Crippen molar-refractivity contribution in [1.82, 2.24) is 4.57 Å². The fourth-order valence-electron chi connectivity index (χ4n) is 10.3. The highest BCUT2D eigenvalue weighted by atomic mass is 15.1. The first kappa shape index (κ1) is 35.0. The van der Waals surface area contributed by atoms with E-state index in [0.717, 1.165) is 22.7 Å². The normalized spacial score (nSPS) is 12.7. The van der Waals surface area contributed by atoms with Gasteiger partial charge in [-0.1, -0.05) is 194 Å². The molecule has 0 aliphatic heterocycles. The van der Waals surface area contributed by atoms with Gasteiger partial charge in [-0.3, -0.25) is 0 Å². The van der Waals surface area contributed by atoms with Crippen LogP contribution in [-0.4, -0.2) is 4.57 Å². The number of aromatic nitrogens is 1. The van der Waals surface area contributed by atoms with Crippen molar-refractivity contribution in [2.75, 3.05) is 4.90 Å². The number of hydrogen-bond acceptors (Lipinski definition) is 1. The molecule has 0 saturated heterocycles. The van der Waals surface area contributed by atoms with Gasteiger partial charge in [-0.15, -0.1) is 0 Å². The molecule has 10 aromatic carbocycles. The zero-order valence-corrected chi connectivity index (χ0v) is 33.5. The first-order valence-corrected chi connectivity index (χ1v) is 21.1. The number of fused-ring (bicyclic) bond motifs is 8. The number of nitrogens with zero attached hydrogens (tertiary/aromatic N) is 2. The zero-order chi connectivity index (χ0) is 40.3. The standard InChI is InChI=1S/C59H40N2/c1-5-19-44(20-6-1)59(45-21-7-2-8-22-45)53-29-16-15-28-52(53)57-54(59)30-17-31-55(57)60(46-23-9-3-10-24-46)48-36-32-41(33-37-48)43-35-38-50-51-39-34-42-18-13-14-27-49(42)58(51)61(56(50)40-43)47-25-11-4-12-26-47/h1-40H. The van der Waals surface area contributed by atoms with E-state index in [2.05, 4.69) is 252 Å². The second kappa shape index (κ2) is 14.1. The lowest BCUT2D eigenvalue weighted by Crippen LogP contribution is -2.28. The molecule has 61 heavy (non-hydrogen) atoms. The third-order valence-electron chi connectivity index (χ3n) is 12.8. The fourth-order valence-corrected chi connectivity index (χ4v) is 10.3. The molecule has 1 heterocycles. The molecule has 2 nitrogen and oxygen atoms in total. The van der Waals surface area contributed by atoms with Gasteiger partial charge in [0.05, 0.1) is 22.1 Å². The summed E-state index contributed by atoms with van der Waals surface area (Å²) in [6, 6.07) is 88.9. The smallest absolute Gasteiger partial charge is 0.0714 e. The first-order chi connectivity index (χ1) is 30.3. The Hall–Kier alpha value is -7.94. The van der Waals surface area contributed by atoms with Crippen molar-refractivity contribution in [2.24, 2.45) is 0 Å². The van der Waals surface area contributed by atoms with Crippen LogP contribution in [0, 0.1) is 0 Å². The van der Waals surface area contributed by atoms with Gasteiger partial charge in [-0.05, 0) is 92.9 Å². The molecule has 12 rings (SSSR count). The Morgan fingerprint density at radius 1 is 0.377 bits per heavy atom. The molecule has 0 spiro atoms. The van der Waals surface area contributed by atoms with Crippen LogP contribution in [0.4, 0.5) is 17.1 Å². The molecular weight excluding hydrogens is 737 g/mol. The topological polar surface area (TPSA) is 8.17 Å². The Kier molecular flexibility index (Phi) is 8.11. The van der Waals surface area contributed by atoms with Gasteiger partial charge >= 0.3 is 0 Å². The summed E-state index contributed by atoms with van der Waals surface area (Å²) in [6.45, 7) is 0. The Balaban J connectivity index is 1.04. The number of rotatable bonds is 7. The average molecular weight is 777 g/mol. The summed E-state index contributed by atoms with van der Waals surface area (Å²) in [7, 11) is 0. The summed E-state index contributed by atoms with van der Waals surface area (Å²) >= 11 is 0. The molecule has 0 N–H and O–H groups in total. The SMILES string of the molecule is c1ccc(N(c2ccc(-c3ccc4c5ccc6ccccc6c5n(-c5ccccc5)c4c3)cc2)c2cccc3c2-c2ccccc2C3(c2ccccc2)c2ccccc2)cc1. The van der Waals surface area contributed by atoms with Crippen LogP contribution in [0.15, 0.2) is 243 Å². The summed E-state index contributed by atoms with van der Waals surface area (Å²) in [5, 5.41) is 5.01. The van der Waals surface area contributed by atoms with Crippen LogP contribution in [-0.2, 0) is 5.41 Å². The highest BCUT2D eigenvalue weighted by molar-refractivity contribution is 6.19. The lowest BCUT2D eigenvalue weighted by molar-refractivity contribution is 0.768. The monoisotopic (exact) mass is 776 g/mol. The van der Waals surface area contributed by atoms with Gasteiger partial charge in [-0.25, -0.2) is 0 Å². The van der Waals surface area contributed by atoms with E-state index in [9.17, 15) is 0 Å². The van der Waals surface area contributed by atoms with E-state index in [0.29, 0.717) is 0 Å².